The summed E-state index contributed by atoms with van der Waals surface area (Å²) in [4.78, 5) is 16.2. The van der Waals surface area contributed by atoms with E-state index in [1.165, 1.54) is 0 Å². The number of ether oxygens (including phenoxy) is 1. The number of rotatable bonds is 6. The van der Waals surface area contributed by atoms with Gasteiger partial charge < -0.3 is 9.57 Å². The van der Waals surface area contributed by atoms with E-state index in [9.17, 15) is 0 Å². The number of nitrogens with zero attached hydrogens (tertiary/aromatic N) is 7. The molecule has 1 unspecified atom stereocenters. The first-order chi connectivity index (χ1) is 19.2. The number of benzene rings is 2. The SMILES string of the molecule is C/C(=N\OCc1nc2c3c(ncn2n1)Oc1c(c(C)nn1-c1ccccc1)C3c1ccccc1)c1cccs1. The van der Waals surface area contributed by atoms with Crippen LogP contribution in [-0.2, 0) is 11.4 Å². The van der Waals surface area contributed by atoms with Gasteiger partial charge in [-0.1, -0.05) is 59.8 Å². The summed E-state index contributed by atoms with van der Waals surface area (Å²) < 4.78 is 9.98. The van der Waals surface area contributed by atoms with Crippen LogP contribution in [0, 0.1) is 6.92 Å². The van der Waals surface area contributed by atoms with E-state index in [0.29, 0.717) is 23.2 Å². The van der Waals surface area contributed by atoms with Crippen LogP contribution in [-0.4, -0.2) is 35.1 Å². The molecule has 1 aliphatic heterocycles. The summed E-state index contributed by atoms with van der Waals surface area (Å²) in [6, 6.07) is 24.2. The number of hydrogen-bond donors (Lipinski definition) is 0. The lowest BCUT2D eigenvalue weighted by molar-refractivity contribution is 0.125. The summed E-state index contributed by atoms with van der Waals surface area (Å²) in [5.41, 5.74) is 6.15. The molecule has 0 aliphatic carbocycles. The largest absolute Gasteiger partial charge is 0.420 e. The van der Waals surface area contributed by atoms with E-state index in [1.807, 2.05) is 84.6 Å². The first-order valence-electron chi connectivity index (χ1n) is 12.5. The fourth-order valence-electron chi connectivity index (χ4n) is 4.92. The Labute approximate surface area is 228 Å². The van der Waals surface area contributed by atoms with Gasteiger partial charge in [-0.25, -0.2) is 19.2 Å². The summed E-state index contributed by atoms with van der Waals surface area (Å²) in [6.45, 7) is 4.06. The number of thiophene rings is 1. The Hall–Kier alpha value is -4.83. The van der Waals surface area contributed by atoms with Gasteiger partial charge in [0.15, 0.2) is 18.1 Å². The molecule has 0 bridgehead atoms. The lowest BCUT2D eigenvalue weighted by Crippen LogP contribution is -2.16. The predicted molar refractivity (Wildman–Crippen MR) is 148 cm³/mol. The highest BCUT2D eigenvalue weighted by Crippen LogP contribution is 2.49. The smallest absolute Gasteiger partial charge is 0.230 e. The molecule has 192 valence electrons. The maximum Gasteiger partial charge on any atom is 0.230 e. The van der Waals surface area contributed by atoms with Crippen LogP contribution in [0.3, 0.4) is 0 Å². The Morgan fingerprint density at radius 3 is 2.56 bits per heavy atom. The molecule has 1 aliphatic rings. The lowest BCUT2D eigenvalue weighted by atomic mass is 9.84. The van der Waals surface area contributed by atoms with E-state index in [2.05, 4.69) is 27.4 Å². The van der Waals surface area contributed by atoms with Gasteiger partial charge in [0.1, 0.15) is 6.33 Å². The number of hydrogen-bond acceptors (Lipinski definition) is 8. The first-order valence-corrected chi connectivity index (χ1v) is 13.4. The molecule has 0 saturated carbocycles. The minimum atomic E-state index is -0.198. The van der Waals surface area contributed by atoms with Gasteiger partial charge >= 0.3 is 0 Å². The summed E-state index contributed by atoms with van der Waals surface area (Å²) >= 11 is 1.62. The molecule has 0 fully saturated rings. The second kappa shape index (κ2) is 9.48. The Balaban J connectivity index is 1.32. The van der Waals surface area contributed by atoms with Gasteiger partial charge in [0.25, 0.3) is 0 Å². The number of aromatic nitrogens is 6. The highest BCUT2D eigenvalue weighted by atomic mass is 32.1. The third-order valence-electron chi connectivity index (χ3n) is 6.67. The van der Waals surface area contributed by atoms with Gasteiger partial charge in [-0.2, -0.15) is 5.10 Å². The van der Waals surface area contributed by atoms with Crippen molar-refractivity contribution >= 4 is 22.7 Å². The molecule has 4 aromatic heterocycles. The van der Waals surface area contributed by atoms with Crippen LogP contribution in [0.15, 0.2) is 89.7 Å². The third-order valence-corrected chi connectivity index (χ3v) is 7.65. The van der Waals surface area contributed by atoms with Crippen molar-refractivity contribution in [1.82, 2.24) is 29.4 Å². The van der Waals surface area contributed by atoms with Gasteiger partial charge in [-0.15, -0.1) is 16.4 Å². The average Bonchev–Trinajstić information content (AvgIpc) is 3.72. The summed E-state index contributed by atoms with van der Waals surface area (Å²) in [5, 5.41) is 15.7. The average molecular weight is 534 g/mol. The maximum absolute atomic E-state index is 6.46. The second-order valence-electron chi connectivity index (χ2n) is 9.18. The van der Waals surface area contributed by atoms with Gasteiger partial charge in [-0.3, -0.25) is 0 Å². The Kier molecular flexibility index (Phi) is 5.66. The molecule has 10 heteroatoms. The van der Waals surface area contributed by atoms with Gasteiger partial charge in [0.2, 0.25) is 11.8 Å². The highest BCUT2D eigenvalue weighted by molar-refractivity contribution is 7.12. The van der Waals surface area contributed by atoms with Crippen molar-refractivity contribution in [1.29, 1.82) is 0 Å². The van der Waals surface area contributed by atoms with Gasteiger partial charge in [0.05, 0.1) is 39.0 Å². The summed E-state index contributed by atoms with van der Waals surface area (Å²) in [7, 11) is 0. The monoisotopic (exact) mass is 533 g/mol. The molecular weight excluding hydrogens is 510 g/mol. The molecule has 0 spiro atoms. The molecule has 6 aromatic rings. The van der Waals surface area contributed by atoms with Crippen molar-refractivity contribution in [2.24, 2.45) is 5.16 Å². The molecular formula is C29H23N7O2S. The van der Waals surface area contributed by atoms with Crippen LogP contribution >= 0.6 is 11.3 Å². The van der Waals surface area contributed by atoms with Gasteiger partial charge in [0, 0.05) is 0 Å². The van der Waals surface area contributed by atoms with Crippen LogP contribution in [0.4, 0.5) is 0 Å². The highest BCUT2D eigenvalue weighted by Gasteiger charge is 2.38. The fraction of sp³-hybridized carbons (Fsp3) is 0.138. The normalized spacial score (nSPS) is 14.6. The molecule has 0 amide bonds. The molecule has 5 heterocycles. The standard InChI is InChI=1S/C29H23N7O2S/c1-18(22-14-9-15-39-22)34-37-16-23-31-27-26-25(20-10-5-3-6-11-20)24-19(2)32-36(21-12-7-4-8-13-21)29(24)38-28(26)30-17-35(27)33-23/h3-15,17,25H,16H2,1-2H3/b34-18+. The second-order valence-corrected chi connectivity index (χ2v) is 10.1. The molecule has 1 atom stereocenters. The van der Waals surface area contributed by atoms with E-state index >= 15 is 0 Å². The number of oxime groups is 1. The summed E-state index contributed by atoms with van der Waals surface area (Å²) in [5.74, 6) is 1.43. The van der Waals surface area contributed by atoms with E-state index in [0.717, 1.165) is 38.7 Å². The summed E-state index contributed by atoms with van der Waals surface area (Å²) in [6.07, 6.45) is 1.62. The molecule has 2 aromatic carbocycles. The molecule has 0 radical (unpaired) electrons. The van der Waals surface area contributed by atoms with E-state index < -0.39 is 0 Å². The van der Waals surface area contributed by atoms with Crippen LogP contribution in [0.2, 0.25) is 0 Å². The molecule has 0 saturated heterocycles. The number of aryl methyl sites for hydroxylation is 1. The minimum Gasteiger partial charge on any atom is -0.420 e. The minimum absolute atomic E-state index is 0.131. The van der Waals surface area contributed by atoms with Crippen LogP contribution in [0.25, 0.3) is 11.3 Å². The van der Waals surface area contributed by atoms with Crippen molar-refractivity contribution in [2.75, 3.05) is 0 Å². The third kappa shape index (κ3) is 4.05. The lowest BCUT2D eigenvalue weighted by Gasteiger charge is -2.26. The predicted octanol–water partition coefficient (Wildman–Crippen LogP) is 5.91. The molecule has 9 nitrogen and oxygen atoms in total. The van der Waals surface area contributed by atoms with E-state index in [4.69, 9.17) is 19.7 Å². The van der Waals surface area contributed by atoms with Crippen LogP contribution < -0.4 is 4.74 Å². The van der Waals surface area contributed by atoms with Crippen molar-refractivity contribution < 1.29 is 9.57 Å². The van der Waals surface area contributed by atoms with Crippen LogP contribution in [0.5, 0.6) is 11.8 Å². The molecule has 0 N–H and O–H groups in total. The fourth-order valence-corrected chi connectivity index (χ4v) is 5.59. The van der Waals surface area contributed by atoms with E-state index in [1.54, 1.807) is 22.2 Å². The molecule has 7 rings (SSSR count). The molecule has 39 heavy (non-hydrogen) atoms. The maximum atomic E-state index is 6.46. The number of fused-ring (bicyclic) bond motifs is 4. The number of para-hydroxylation sites is 1. The van der Waals surface area contributed by atoms with E-state index in [-0.39, 0.29) is 12.5 Å². The topological polar surface area (TPSA) is 91.7 Å². The Bertz CT molecular complexity index is 1810. The van der Waals surface area contributed by atoms with Crippen LogP contribution in [0.1, 0.15) is 45.9 Å². The van der Waals surface area contributed by atoms with Crippen molar-refractivity contribution in [3.8, 4) is 17.4 Å². The van der Waals surface area contributed by atoms with Crippen molar-refractivity contribution in [3.63, 3.8) is 0 Å². The van der Waals surface area contributed by atoms with Gasteiger partial charge in [-0.05, 0) is 43.0 Å². The zero-order valence-corrected chi connectivity index (χ0v) is 22.0. The zero-order valence-electron chi connectivity index (χ0n) is 21.2. The van der Waals surface area contributed by atoms with Crippen molar-refractivity contribution in [2.45, 2.75) is 26.4 Å². The van der Waals surface area contributed by atoms with Crippen molar-refractivity contribution in [3.05, 3.63) is 118 Å². The Morgan fingerprint density at radius 1 is 1.00 bits per heavy atom. The first kappa shape index (κ1) is 23.3. The quantitative estimate of drug-likeness (QED) is 0.195. The Morgan fingerprint density at radius 2 is 1.79 bits per heavy atom. The zero-order chi connectivity index (χ0) is 26.3.